The molecule has 2 heteroatoms. The first kappa shape index (κ1) is 26.0. The van der Waals surface area contributed by atoms with Gasteiger partial charge in [0.15, 0.2) is 0 Å². The smallest absolute Gasteiger partial charge is 0.145 e. The number of hydrogen-bond donors (Lipinski definition) is 0. The molecule has 0 aliphatic carbocycles. The van der Waals surface area contributed by atoms with Crippen LogP contribution in [-0.4, -0.2) is 9.38 Å². The molecule has 0 bridgehead atoms. The van der Waals surface area contributed by atoms with Crippen LogP contribution in [0.5, 0.6) is 0 Å². The molecule has 10 rings (SSSR count). The molecular formula is C45H28N2. The Bertz CT molecular complexity index is 2700. The van der Waals surface area contributed by atoms with Crippen LogP contribution in [0.4, 0.5) is 0 Å². The normalized spacial score (nSPS) is 11.8. The van der Waals surface area contributed by atoms with Crippen LogP contribution in [0.1, 0.15) is 0 Å². The molecule has 0 radical (unpaired) electrons. The highest BCUT2D eigenvalue weighted by Crippen LogP contribution is 2.44. The van der Waals surface area contributed by atoms with Gasteiger partial charge in [0.2, 0.25) is 0 Å². The lowest BCUT2D eigenvalue weighted by atomic mass is 9.85. The molecule has 0 amide bonds. The van der Waals surface area contributed by atoms with Crippen molar-refractivity contribution in [1.29, 1.82) is 0 Å². The number of aromatic nitrogens is 2. The molecule has 10 aromatic rings. The topological polar surface area (TPSA) is 17.3 Å². The first-order chi connectivity index (χ1) is 23.3. The van der Waals surface area contributed by atoms with Gasteiger partial charge in [-0.25, -0.2) is 4.98 Å². The Morgan fingerprint density at radius 2 is 0.766 bits per heavy atom. The van der Waals surface area contributed by atoms with Crippen molar-refractivity contribution < 1.29 is 0 Å². The molecule has 0 saturated carbocycles. The predicted octanol–water partition coefficient (Wildman–Crippen LogP) is 12.1. The van der Waals surface area contributed by atoms with Gasteiger partial charge in [0, 0.05) is 16.3 Å². The summed E-state index contributed by atoms with van der Waals surface area (Å²) in [5.74, 6) is 0.980. The minimum absolute atomic E-state index is 0.980. The molecule has 2 aromatic heterocycles. The summed E-state index contributed by atoms with van der Waals surface area (Å²) in [6.45, 7) is 0. The molecule has 47 heavy (non-hydrogen) atoms. The van der Waals surface area contributed by atoms with Crippen LogP contribution in [0.25, 0.3) is 93.6 Å². The van der Waals surface area contributed by atoms with E-state index < -0.39 is 0 Å². The Morgan fingerprint density at radius 3 is 1.36 bits per heavy atom. The Labute approximate surface area is 272 Å². The molecular weight excluding hydrogens is 569 g/mol. The summed E-state index contributed by atoms with van der Waals surface area (Å²) in [5.41, 5.74) is 11.9. The van der Waals surface area contributed by atoms with Gasteiger partial charge in [-0.05, 0) is 67.1 Å². The fraction of sp³-hybridized carbons (Fsp3) is 0. The maximum atomic E-state index is 5.13. The van der Waals surface area contributed by atoms with Crippen LogP contribution in [-0.2, 0) is 0 Å². The second kappa shape index (κ2) is 10.1. The maximum Gasteiger partial charge on any atom is 0.145 e. The zero-order valence-corrected chi connectivity index (χ0v) is 25.6. The van der Waals surface area contributed by atoms with Gasteiger partial charge in [-0.2, -0.15) is 0 Å². The molecule has 0 N–H and O–H groups in total. The Hall–Kier alpha value is -6.25. The van der Waals surface area contributed by atoms with E-state index in [4.69, 9.17) is 4.98 Å². The van der Waals surface area contributed by atoms with Crippen LogP contribution >= 0.6 is 0 Å². The van der Waals surface area contributed by atoms with E-state index in [2.05, 4.69) is 174 Å². The number of imidazole rings is 1. The Balaban J connectivity index is 1.15. The van der Waals surface area contributed by atoms with Crippen LogP contribution in [0.2, 0.25) is 0 Å². The van der Waals surface area contributed by atoms with Crippen molar-refractivity contribution in [2.24, 2.45) is 0 Å². The van der Waals surface area contributed by atoms with Gasteiger partial charge >= 0.3 is 0 Å². The quantitative estimate of drug-likeness (QED) is 0.185. The maximum absolute atomic E-state index is 5.13. The molecule has 0 aliphatic rings. The summed E-state index contributed by atoms with van der Waals surface area (Å²) in [5, 5.41) is 7.54. The minimum Gasteiger partial charge on any atom is -0.291 e. The number of para-hydroxylation sites is 2. The molecule has 0 spiro atoms. The summed E-state index contributed by atoms with van der Waals surface area (Å²) in [7, 11) is 0. The number of benzene rings is 8. The van der Waals surface area contributed by atoms with Crippen molar-refractivity contribution in [2.75, 3.05) is 0 Å². The molecule has 0 unspecified atom stereocenters. The average Bonchev–Trinajstić information content (AvgIpc) is 3.70. The van der Waals surface area contributed by atoms with Gasteiger partial charge in [0.25, 0.3) is 0 Å². The SMILES string of the molecule is c1ccc(-c2ccc(-c3c4ccccc4c(-c4ccc(-c5nc6cccc7c8ccccc8n5c67)cc4)c4ccccc34)cc2)cc1. The van der Waals surface area contributed by atoms with Crippen LogP contribution in [0, 0.1) is 0 Å². The van der Waals surface area contributed by atoms with Crippen molar-refractivity contribution in [2.45, 2.75) is 0 Å². The molecule has 218 valence electrons. The monoisotopic (exact) mass is 596 g/mol. The Kier molecular flexibility index (Phi) is 5.61. The van der Waals surface area contributed by atoms with Crippen molar-refractivity contribution in [3.8, 4) is 44.8 Å². The zero-order valence-electron chi connectivity index (χ0n) is 25.6. The van der Waals surface area contributed by atoms with E-state index in [1.54, 1.807) is 0 Å². The van der Waals surface area contributed by atoms with Crippen LogP contribution in [0.15, 0.2) is 170 Å². The van der Waals surface area contributed by atoms with Gasteiger partial charge in [0.05, 0.1) is 16.6 Å². The molecule has 0 atom stereocenters. The average molecular weight is 597 g/mol. The highest BCUT2D eigenvalue weighted by atomic mass is 15.0. The van der Waals surface area contributed by atoms with E-state index in [1.807, 2.05) is 0 Å². The van der Waals surface area contributed by atoms with Gasteiger partial charge in [-0.3, -0.25) is 4.40 Å². The fourth-order valence-electron chi connectivity index (χ4n) is 7.66. The lowest BCUT2D eigenvalue weighted by molar-refractivity contribution is 1.23. The number of hydrogen-bond acceptors (Lipinski definition) is 1. The first-order valence-electron chi connectivity index (χ1n) is 16.1. The van der Waals surface area contributed by atoms with Crippen molar-refractivity contribution in [3.63, 3.8) is 0 Å². The largest absolute Gasteiger partial charge is 0.291 e. The van der Waals surface area contributed by atoms with E-state index in [0.717, 1.165) is 16.9 Å². The summed E-state index contributed by atoms with van der Waals surface area (Å²) >= 11 is 0. The predicted molar refractivity (Wildman–Crippen MR) is 198 cm³/mol. The van der Waals surface area contributed by atoms with E-state index in [9.17, 15) is 0 Å². The number of rotatable bonds is 4. The van der Waals surface area contributed by atoms with E-state index >= 15 is 0 Å². The van der Waals surface area contributed by atoms with Crippen LogP contribution in [0.3, 0.4) is 0 Å². The summed E-state index contributed by atoms with van der Waals surface area (Å²) < 4.78 is 2.33. The van der Waals surface area contributed by atoms with Gasteiger partial charge in [0.1, 0.15) is 5.82 Å². The molecule has 8 aromatic carbocycles. The van der Waals surface area contributed by atoms with Crippen molar-refractivity contribution in [1.82, 2.24) is 9.38 Å². The molecule has 2 nitrogen and oxygen atoms in total. The third-order valence-corrected chi connectivity index (χ3v) is 9.76. The molecule has 0 aliphatic heterocycles. The summed E-state index contributed by atoms with van der Waals surface area (Å²) in [6, 6.07) is 61.4. The van der Waals surface area contributed by atoms with E-state index in [0.29, 0.717) is 0 Å². The van der Waals surface area contributed by atoms with Gasteiger partial charge in [-0.1, -0.05) is 158 Å². The highest BCUT2D eigenvalue weighted by molar-refractivity contribution is 6.21. The van der Waals surface area contributed by atoms with Crippen LogP contribution < -0.4 is 0 Å². The van der Waals surface area contributed by atoms with Gasteiger partial charge in [-0.15, -0.1) is 0 Å². The second-order valence-corrected chi connectivity index (χ2v) is 12.3. The van der Waals surface area contributed by atoms with E-state index in [-0.39, 0.29) is 0 Å². The molecule has 2 heterocycles. The molecule has 0 fully saturated rings. The third-order valence-electron chi connectivity index (χ3n) is 9.76. The summed E-state index contributed by atoms with van der Waals surface area (Å²) in [6.07, 6.45) is 0. The second-order valence-electron chi connectivity index (χ2n) is 12.3. The molecule has 0 saturated heterocycles. The summed E-state index contributed by atoms with van der Waals surface area (Å²) in [4.78, 5) is 5.13. The number of nitrogens with zero attached hydrogens (tertiary/aromatic N) is 2. The zero-order chi connectivity index (χ0) is 30.9. The van der Waals surface area contributed by atoms with Gasteiger partial charge < -0.3 is 0 Å². The highest BCUT2D eigenvalue weighted by Gasteiger charge is 2.20. The first-order valence-corrected chi connectivity index (χ1v) is 16.1. The standard InChI is InChI=1S/C45H28N2/c1-2-11-29(12-3-1)30-21-23-31(24-22-30)42-35-14-4-6-16-37(35)43(38-17-7-5-15-36(38)42)32-25-27-33(28-26-32)45-46-40-19-10-18-39-34-13-8-9-20-41(34)47(45)44(39)40/h1-28H. The minimum atomic E-state index is 0.980. The fourth-order valence-corrected chi connectivity index (χ4v) is 7.66. The lowest BCUT2D eigenvalue weighted by Gasteiger charge is -2.18. The van der Waals surface area contributed by atoms with Crippen molar-refractivity contribution in [3.05, 3.63) is 170 Å². The lowest BCUT2D eigenvalue weighted by Crippen LogP contribution is -1.92. The Morgan fingerprint density at radius 1 is 0.319 bits per heavy atom. The number of fused-ring (bicyclic) bond motifs is 5. The third kappa shape index (κ3) is 3.89. The van der Waals surface area contributed by atoms with Crippen molar-refractivity contribution >= 4 is 48.9 Å². The van der Waals surface area contributed by atoms with E-state index in [1.165, 1.54) is 76.7 Å².